The van der Waals surface area contributed by atoms with Gasteiger partial charge >= 0.3 is 6.09 Å². The maximum atomic E-state index is 11.9. The summed E-state index contributed by atoms with van der Waals surface area (Å²) in [5.74, 6) is 2.53. The topological polar surface area (TPSA) is 126 Å². The van der Waals surface area contributed by atoms with E-state index < -0.39 is 6.10 Å². The van der Waals surface area contributed by atoms with Gasteiger partial charge in [0.1, 0.15) is 30.0 Å². The van der Waals surface area contributed by atoms with Gasteiger partial charge in [0.05, 0.1) is 29.1 Å². The van der Waals surface area contributed by atoms with E-state index in [4.69, 9.17) is 35.6 Å². The standard InChI is InChI=1S/C29H37ClN6O5/c1-17-25(24-18(2)34-41-19(24)3)32-26(22-12-21(6-7-23(22)30)40-14-20(37)13-31-4)33-27(17)35-10-8-29(9-11-35)15-36(16-29)28(38)39-5/h6-7,12,20,31,37H,8-11,13-16H2,1-5H3. The Kier molecular flexibility index (Phi) is 8.40. The van der Waals surface area contributed by atoms with E-state index in [9.17, 15) is 9.90 Å². The molecule has 0 bridgehead atoms. The molecule has 41 heavy (non-hydrogen) atoms. The molecule has 2 fully saturated rings. The quantitative estimate of drug-likeness (QED) is 0.401. The summed E-state index contributed by atoms with van der Waals surface area (Å²) in [6, 6.07) is 5.33. The number of likely N-dealkylation sites (N-methyl/N-ethyl adjacent to an activating group) is 1. The van der Waals surface area contributed by atoms with Gasteiger partial charge in [-0.05, 0) is 58.9 Å². The second-order valence-corrected chi connectivity index (χ2v) is 11.4. The molecule has 2 aromatic heterocycles. The van der Waals surface area contributed by atoms with Crippen molar-refractivity contribution in [2.24, 2.45) is 5.41 Å². The van der Waals surface area contributed by atoms with E-state index in [0.29, 0.717) is 34.5 Å². The highest BCUT2D eigenvalue weighted by Gasteiger charge is 2.47. The van der Waals surface area contributed by atoms with Crippen LogP contribution in [0.5, 0.6) is 5.75 Å². The van der Waals surface area contributed by atoms with Gasteiger partial charge in [0, 0.05) is 49.3 Å². The summed E-state index contributed by atoms with van der Waals surface area (Å²) in [5, 5.41) is 17.7. The molecule has 1 amide bonds. The number of nitrogens with one attached hydrogen (secondary N) is 1. The van der Waals surface area contributed by atoms with E-state index in [0.717, 1.165) is 67.4 Å². The highest BCUT2D eigenvalue weighted by atomic mass is 35.5. The van der Waals surface area contributed by atoms with Gasteiger partial charge in [0.25, 0.3) is 0 Å². The number of piperidine rings is 1. The molecule has 3 aromatic rings. The number of carbonyl (C=O) groups is 1. The number of anilines is 1. The molecule has 220 valence electrons. The number of nitrogens with zero attached hydrogens (tertiary/aromatic N) is 5. The molecule has 2 aliphatic heterocycles. The zero-order valence-electron chi connectivity index (χ0n) is 24.2. The van der Waals surface area contributed by atoms with Crippen molar-refractivity contribution < 1.29 is 23.9 Å². The molecule has 0 saturated carbocycles. The van der Waals surface area contributed by atoms with E-state index in [1.807, 2.05) is 20.8 Å². The van der Waals surface area contributed by atoms with Gasteiger partial charge in [-0.25, -0.2) is 14.8 Å². The molecule has 12 heteroatoms. The molecule has 5 rings (SSSR count). The van der Waals surface area contributed by atoms with Crippen molar-refractivity contribution in [2.45, 2.75) is 39.7 Å². The molecule has 4 heterocycles. The first kappa shape index (κ1) is 29.1. The number of methoxy groups -OCH3 is 1. The third-order valence-electron chi connectivity index (χ3n) is 8.06. The molecule has 2 saturated heterocycles. The number of aliphatic hydroxyl groups is 1. The Morgan fingerprint density at radius 1 is 1.22 bits per heavy atom. The lowest BCUT2D eigenvalue weighted by Gasteiger charge is -2.53. The van der Waals surface area contributed by atoms with Crippen LogP contribution in [0.3, 0.4) is 0 Å². The largest absolute Gasteiger partial charge is 0.491 e. The molecular formula is C29H37ClN6O5. The van der Waals surface area contributed by atoms with Crippen molar-refractivity contribution in [3.8, 4) is 28.4 Å². The Morgan fingerprint density at radius 2 is 1.95 bits per heavy atom. The average molecular weight is 585 g/mol. The zero-order valence-corrected chi connectivity index (χ0v) is 24.9. The minimum Gasteiger partial charge on any atom is -0.491 e. The van der Waals surface area contributed by atoms with Crippen LogP contribution in [0.2, 0.25) is 5.02 Å². The SMILES string of the molecule is CNCC(O)COc1ccc(Cl)c(-c2nc(-c3c(C)noc3C)c(C)c(N3CCC4(CC3)CN(C(=O)OC)C4)n2)c1. The fourth-order valence-electron chi connectivity index (χ4n) is 5.78. The summed E-state index contributed by atoms with van der Waals surface area (Å²) < 4.78 is 16.2. The Hall–Kier alpha value is -3.41. The normalized spacial score (nSPS) is 17.0. The minimum absolute atomic E-state index is 0.117. The van der Waals surface area contributed by atoms with Crippen molar-refractivity contribution in [2.75, 3.05) is 58.4 Å². The molecule has 2 N–H and O–H groups in total. The van der Waals surface area contributed by atoms with Gasteiger partial charge in [0.15, 0.2) is 5.82 Å². The summed E-state index contributed by atoms with van der Waals surface area (Å²) in [7, 11) is 3.20. The first-order chi connectivity index (χ1) is 19.6. The number of halogens is 1. The Morgan fingerprint density at radius 3 is 2.59 bits per heavy atom. The summed E-state index contributed by atoms with van der Waals surface area (Å²) in [6.07, 6.45) is 0.973. The minimum atomic E-state index is -0.648. The van der Waals surface area contributed by atoms with E-state index in [1.165, 1.54) is 7.11 Å². The lowest BCUT2D eigenvalue weighted by Crippen LogP contribution is -2.62. The van der Waals surface area contributed by atoms with E-state index in [1.54, 1.807) is 30.1 Å². The Balaban J connectivity index is 1.48. The van der Waals surface area contributed by atoms with Gasteiger partial charge in [-0.2, -0.15) is 0 Å². The fraction of sp³-hybridized carbons (Fsp3) is 0.517. The number of ether oxygens (including phenoxy) is 2. The lowest BCUT2D eigenvalue weighted by molar-refractivity contribution is -0.0122. The number of hydrogen-bond donors (Lipinski definition) is 2. The molecule has 0 radical (unpaired) electrons. The van der Waals surface area contributed by atoms with Crippen LogP contribution in [0.25, 0.3) is 22.6 Å². The van der Waals surface area contributed by atoms with E-state index in [2.05, 4.69) is 15.4 Å². The number of carbonyl (C=O) groups excluding carboxylic acids is 1. The number of benzene rings is 1. The van der Waals surface area contributed by atoms with Crippen LogP contribution in [0.1, 0.15) is 29.9 Å². The predicted octanol–water partition coefficient (Wildman–Crippen LogP) is 4.00. The van der Waals surface area contributed by atoms with Crippen molar-refractivity contribution in [1.29, 1.82) is 0 Å². The number of aliphatic hydroxyl groups excluding tert-OH is 1. The van der Waals surface area contributed by atoms with Crippen LogP contribution in [-0.2, 0) is 4.74 Å². The third-order valence-corrected chi connectivity index (χ3v) is 8.39. The number of aromatic nitrogens is 3. The van der Waals surface area contributed by atoms with Crippen LogP contribution >= 0.6 is 11.6 Å². The van der Waals surface area contributed by atoms with Crippen LogP contribution in [0, 0.1) is 26.2 Å². The molecule has 11 nitrogen and oxygen atoms in total. The second kappa shape index (κ2) is 11.8. The van der Waals surface area contributed by atoms with Gasteiger partial charge in [-0.3, -0.25) is 0 Å². The molecular weight excluding hydrogens is 548 g/mol. The van der Waals surface area contributed by atoms with Gasteiger partial charge in [-0.15, -0.1) is 0 Å². The Labute approximate surface area is 244 Å². The average Bonchev–Trinajstić information content (AvgIpc) is 3.28. The van der Waals surface area contributed by atoms with Crippen molar-refractivity contribution in [1.82, 2.24) is 25.3 Å². The Bertz CT molecular complexity index is 1390. The molecule has 1 spiro atoms. The smallest absolute Gasteiger partial charge is 0.409 e. The molecule has 0 aliphatic carbocycles. The first-order valence-electron chi connectivity index (χ1n) is 13.8. The second-order valence-electron chi connectivity index (χ2n) is 11.0. The van der Waals surface area contributed by atoms with E-state index >= 15 is 0 Å². The molecule has 1 unspecified atom stereocenters. The summed E-state index contributed by atoms with van der Waals surface area (Å²) in [5.41, 5.74) is 4.01. The fourth-order valence-corrected chi connectivity index (χ4v) is 5.98. The van der Waals surface area contributed by atoms with Crippen molar-refractivity contribution in [3.63, 3.8) is 0 Å². The van der Waals surface area contributed by atoms with Gasteiger partial charge in [0.2, 0.25) is 0 Å². The first-order valence-corrected chi connectivity index (χ1v) is 14.2. The zero-order chi connectivity index (χ0) is 29.3. The summed E-state index contributed by atoms with van der Waals surface area (Å²) in [4.78, 5) is 26.0. The molecule has 2 aliphatic rings. The summed E-state index contributed by atoms with van der Waals surface area (Å²) >= 11 is 6.69. The van der Waals surface area contributed by atoms with Gasteiger partial charge in [-0.1, -0.05) is 16.8 Å². The van der Waals surface area contributed by atoms with Crippen LogP contribution in [0.4, 0.5) is 10.6 Å². The third kappa shape index (κ3) is 5.84. The van der Waals surface area contributed by atoms with Crippen molar-refractivity contribution >= 4 is 23.5 Å². The van der Waals surface area contributed by atoms with Crippen molar-refractivity contribution in [3.05, 3.63) is 40.2 Å². The molecule has 1 aromatic carbocycles. The number of likely N-dealkylation sites (tertiary alicyclic amines) is 1. The number of hydrogen-bond acceptors (Lipinski definition) is 10. The van der Waals surface area contributed by atoms with Gasteiger partial charge < -0.3 is 34.2 Å². The lowest BCUT2D eigenvalue weighted by atomic mass is 9.72. The molecule has 1 atom stereocenters. The summed E-state index contributed by atoms with van der Waals surface area (Å²) in [6.45, 7) is 9.40. The maximum Gasteiger partial charge on any atom is 0.409 e. The predicted molar refractivity (Wildman–Crippen MR) is 155 cm³/mol. The highest BCUT2D eigenvalue weighted by Crippen LogP contribution is 2.43. The monoisotopic (exact) mass is 584 g/mol. The number of aryl methyl sites for hydroxylation is 2. The highest BCUT2D eigenvalue weighted by molar-refractivity contribution is 6.33. The van der Waals surface area contributed by atoms with Crippen LogP contribution < -0.4 is 15.0 Å². The maximum absolute atomic E-state index is 11.9. The van der Waals surface area contributed by atoms with Crippen LogP contribution in [0.15, 0.2) is 22.7 Å². The van der Waals surface area contributed by atoms with E-state index in [-0.39, 0.29) is 18.1 Å². The number of amides is 1. The number of rotatable bonds is 8. The van der Waals surface area contributed by atoms with Crippen LogP contribution in [-0.4, -0.2) is 90.8 Å².